The van der Waals surface area contributed by atoms with Crippen molar-refractivity contribution in [3.63, 3.8) is 0 Å². The van der Waals surface area contributed by atoms with Crippen LogP contribution in [0.2, 0.25) is 0 Å². The molecule has 0 aliphatic carbocycles. The monoisotopic (exact) mass is 1200 g/mol. The van der Waals surface area contributed by atoms with Crippen LogP contribution >= 0.6 is 7.82 Å². The minimum Gasteiger partial charge on any atom is -0.756 e. The molecule has 0 aromatic heterocycles. The summed E-state index contributed by atoms with van der Waals surface area (Å²) in [6.07, 6.45) is 102. The Morgan fingerprint density at radius 1 is 0.360 bits per heavy atom. The maximum absolute atomic E-state index is 12.8. The lowest BCUT2D eigenvalue weighted by Gasteiger charge is -2.28. The van der Waals surface area contributed by atoms with Crippen molar-refractivity contribution in [2.75, 3.05) is 47.5 Å². The number of unbranched alkanes of at least 4 members (excludes halogenated alkanes) is 9. The van der Waals surface area contributed by atoms with Gasteiger partial charge in [0.2, 0.25) is 0 Å². The quantitative estimate of drug-likeness (QED) is 0.0195. The van der Waals surface area contributed by atoms with Crippen LogP contribution in [-0.4, -0.2) is 70.0 Å². The lowest BCUT2D eigenvalue weighted by Crippen LogP contribution is -2.37. The summed E-state index contributed by atoms with van der Waals surface area (Å²) in [6.45, 7) is 3.91. The Balaban J connectivity index is 4.28. The molecular formula is C76H118NO8P. The molecule has 2 unspecified atom stereocenters. The van der Waals surface area contributed by atoms with Gasteiger partial charge in [0.05, 0.1) is 27.7 Å². The van der Waals surface area contributed by atoms with Crippen LogP contribution in [0.15, 0.2) is 207 Å². The molecule has 0 amide bonds. The number of nitrogens with zero attached hydrogens (tertiary/aromatic N) is 1. The number of phosphoric ester groups is 1. The summed E-state index contributed by atoms with van der Waals surface area (Å²) in [5, 5.41) is 0. The largest absolute Gasteiger partial charge is 0.756 e. The summed E-state index contributed by atoms with van der Waals surface area (Å²) in [5.41, 5.74) is 0. The molecule has 2 atom stereocenters. The van der Waals surface area contributed by atoms with Gasteiger partial charge in [-0.2, -0.15) is 0 Å². The van der Waals surface area contributed by atoms with Crippen molar-refractivity contribution in [3.05, 3.63) is 207 Å². The zero-order valence-electron chi connectivity index (χ0n) is 54.4. The second-order valence-electron chi connectivity index (χ2n) is 22.0. The van der Waals surface area contributed by atoms with Crippen molar-refractivity contribution < 1.29 is 42.1 Å². The Morgan fingerprint density at radius 3 is 0.953 bits per heavy atom. The first kappa shape index (κ1) is 80.6. The van der Waals surface area contributed by atoms with Gasteiger partial charge in [-0.05, 0) is 148 Å². The molecule has 0 rings (SSSR count). The minimum atomic E-state index is -4.67. The van der Waals surface area contributed by atoms with Gasteiger partial charge in [-0.3, -0.25) is 14.2 Å². The predicted octanol–water partition coefficient (Wildman–Crippen LogP) is 20.8. The van der Waals surface area contributed by atoms with Crippen molar-refractivity contribution in [2.24, 2.45) is 0 Å². The average Bonchev–Trinajstić information content (AvgIpc) is 3.56. The van der Waals surface area contributed by atoms with E-state index in [1.165, 1.54) is 19.3 Å². The highest BCUT2D eigenvalue weighted by molar-refractivity contribution is 7.45. The van der Waals surface area contributed by atoms with Crippen molar-refractivity contribution in [3.8, 4) is 0 Å². The second kappa shape index (κ2) is 64.1. The molecule has 0 aromatic carbocycles. The molecule has 9 nitrogen and oxygen atoms in total. The van der Waals surface area contributed by atoms with E-state index < -0.39 is 32.5 Å². The molecule has 480 valence electrons. The highest BCUT2D eigenvalue weighted by atomic mass is 31.2. The first-order valence-electron chi connectivity index (χ1n) is 32.8. The molecule has 86 heavy (non-hydrogen) atoms. The van der Waals surface area contributed by atoms with Gasteiger partial charge < -0.3 is 27.9 Å². The van der Waals surface area contributed by atoms with E-state index in [4.69, 9.17) is 18.5 Å². The standard InChI is InChI=1S/C76H118NO8P/c1-6-8-10-12-14-16-18-20-22-24-26-28-30-31-32-33-34-35-36-37-38-39-40-41-42-43-44-45-47-49-51-53-55-57-59-61-63-65-67-69-76(79)85-74(73-84-86(80,81)83-71-70-77(3,4)5)72-82-75(78)68-66-64-62-60-58-56-54-52-50-48-46-29-27-25-23-21-19-17-15-13-11-9-7-2/h8-11,14-17,20-23,26-29,31-32,34-35,37-38,40-41,43-44,47-50,53,55,59,61,74H,6-7,12-13,18-19,24-25,30,33,36,39,42,45-46,51-52,54,56-58,60,62-73H2,1-5H3/b10-8-,11-9-,16-14-,17-15-,22-20-,23-21-,28-26-,29-27-,32-31-,35-34-,38-37-,41-40-,44-43-,49-47-,50-48-,55-53-,61-59-. The van der Waals surface area contributed by atoms with E-state index in [0.717, 1.165) is 148 Å². The molecule has 0 aliphatic heterocycles. The van der Waals surface area contributed by atoms with Crippen LogP contribution in [0.25, 0.3) is 0 Å². The number of ether oxygens (including phenoxy) is 2. The molecule has 0 saturated heterocycles. The van der Waals surface area contributed by atoms with Crippen LogP contribution in [0.3, 0.4) is 0 Å². The van der Waals surface area contributed by atoms with Gasteiger partial charge in [-0.15, -0.1) is 0 Å². The zero-order chi connectivity index (χ0) is 62.6. The van der Waals surface area contributed by atoms with Crippen molar-refractivity contribution in [1.82, 2.24) is 0 Å². The SMILES string of the molecule is CC/C=C\C/C=C\C/C=C\C/C=C\C/C=C\C/C=C\C/C=C\C/C=C\C/C=C\C/C=C\C/C=C\C/C=C\CCCCC(=O)OC(COC(=O)CCCCCCCCC/C=C\C/C=C\C/C=C\C/C=C\C/C=C\CC)COP(=O)([O-])OCC[N+](C)(C)C. The number of quaternary nitrogens is 1. The summed E-state index contributed by atoms with van der Waals surface area (Å²) >= 11 is 0. The molecular weight excluding hydrogens is 1090 g/mol. The van der Waals surface area contributed by atoms with Gasteiger partial charge >= 0.3 is 11.9 Å². The van der Waals surface area contributed by atoms with Crippen LogP contribution in [0.5, 0.6) is 0 Å². The predicted molar refractivity (Wildman–Crippen MR) is 368 cm³/mol. The number of carbonyl (C=O) groups excluding carboxylic acids is 2. The minimum absolute atomic E-state index is 0.0539. The smallest absolute Gasteiger partial charge is 0.306 e. The number of phosphoric acid groups is 1. The Kier molecular flexibility index (Phi) is 60.0. The average molecular weight is 1200 g/mol. The highest BCUT2D eigenvalue weighted by Crippen LogP contribution is 2.38. The number of hydrogen-bond acceptors (Lipinski definition) is 8. The van der Waals surface area contributed by atoms with Crippen LogP contribution in [0.1, 0.15) is 206 Å². The van der Waals surface area contributed by atoms with Gasteiger partial charge in [0.25, 0.3) is 7.82 Å². The fraction of sp³-hybridized carbons (Fsp3) is 0.526. The molecule has 0 fully saturated rings. The van der Waals surface area contributed by atoms with E-state index >= 15 is 0 Å². The maximum atomic E-state index is 12.8. The number of hydrogen-bond donors (Lipinski definition) is 0. The van der Waals surface area contributed by atoms with E-state index in [9.17, 15) is 19.0 Å². The number of carbonyl (C=O) groups is 2. The van der Waals surface area contributed by atoms with Crippen LogP contribution < -0.4 is 4.89 Å². The summed E-state index contributed by atoms with van der Waals surface area (Å²) in [5.74, 6) is -0.916. The maximum Gasteiger partial charge on any atom is 0.306 e. The zero-order valence-corrected chi connectivity index (χ0v) is 55.3. The molecule has 0 saturated carbocycles. The summed E-state index contributed by atoms with van der Waals surface area (Å²) < 4.78 is 34.1. The second-order valence-corrected chi connectivity index (χ2v) is 23.4. The third-order valence-electron chi connectivity index (χ3n) is 12.8. The molecule has 0 bridgehead atoms. The summed E-state index contributed by atoms with van der Waals surface area (Å²) in [7, 11) is 1.10. The van der Waals surface area contributed by atoms with Crippen molar-refractivity contribution >= 4 is 19.8 Å². The number of likely N-dealkylation sites (N-methyl/N-ethyl adjacent to an activating group) is 1. The Morgan fingerprint density at radius 2 is 0.628 bits per heavy atom. The molecule has 0 aromatic rings. The van der Waals surface area contributed by atoms with E-state index in [2.05, 4.69) is 220 Å². The Labute approximate surface area is 525 Å². The summed E-state index contributed by atoms with van der Waals surface area (Å²) in [4.78, 5) is 38.0. The normalized spacial score (nSPS) is 14.5. The molecule has 0 aliphatic rings. The third kappa shape index (κ3) is 67.7. The topological polar surface area (TPSA) is 111 Å². The van der Waals surface area contributed by atoms with E-state index in [1.807, 2.05) is 21.1 Å². The Hall–Kier alpha value is -5.41. The fourth-order valence-electron chi connectivity index (χ4n) is 7.84. The first-order chi connectivity index (χ1) is 42.0. The van der Waals surface area contributed by atoms with Gasteiger partial charge in [0, 0.05) is 12.8 Å². The van der Waals surface area contributed by atoms with Gasteiger partial charge in [0.15, 0.2) is 6.10 Å². The molecule has 10 heteroatoms. The molecule has 0 radical (unpaired) electrons. The summed E-state index contributed by atoms with van der Waals surface area (Å²) in [6, 6.07) is 0. The molecule has 0 spiro atoms. The lowest BCUT2D eigenvalue weighted by atomic mass is 10.1. The van der Waals surface area contributed by atoms with Crippen molar-refractivity contribution in [2.45, 2.75) is 213 Å². The first-order valence-corrected chi connectivity index (χ1v) is 34.3. The number of esters is 2. The van der Waals surface area contributed by atoms with Gasteiger partial charge in [0.1, 0.15) is 19.8 Å². The highest BCUT2D eigenvalue weighted by Gasteiger charge is 2.21. The van der Waals surface area contributed by atoms with E-state index in [-0.39, 0.29) is 26.1 Å². The number of allylic oxidation sites excluding steroid dienone is 34. The van der Waals surface area contributed by atoms with E-state index in [0.29, 0.717) is 23.9 Å². The molecule has 0 N–H and O–H groups in total. The van der Waals surface area contributed by atoms with Crippen LogP contribution in [0.4, 0.5) is 0 Å². The lowest BCUT2D eigenvalue weighted by molar-refractivity contribution is -0.870. The fourth-order valence-corrected chi connectivity index (χ4v) is 8.57. The van der Waals surface area contributed by atoms with E-state index in [1.54, 1.807) is 0 Å². The number of rotatable bonds is 57. The van der Waals surface area contributed by atoms with Crippen molar-refractivity contribution in [1.29, 1.82) is 0 Å². The van der Waals surface area contributed by atoms with Gasteiger partial charge in [-0.25, -0.2) is 0 Å². The van der Waals surface area contributed by atoms with Gasteiger partial charge in [-0.1, -0.05) is 253 Å². The van der Waals surface area contributed by atoms with Crippen LogP contribution in [-0.2, 0) is 32.7 Å². The third-order valence-corrected chi connectivity index (χ3v) is 13.8. The van der Waals surface area contributed by atoms with Crippen LogP contribution in [0, 0.1) is 0 Å². The molecule has 0 heterocycles. The Bertz CT molecular complexity index is 2200.